The second-order valence-electron chi connectivity index (χ2n) is 5.36. The van der Waals surface area contributed by atoms with Crippen molar-refractivity contribution in [2.24, 2.45) is 11.7 Å². The molecule has 1 aromatic rings. The van der Waals surface area contributed by atoms with Crippen LogP contribution >= 0.6 is 12.2 Å². The van der Waals surface area contributed by atoms with Gasteiger partial charge in [-0.3, -0.25) is 4.79 Å². The third-order valence-electron chi connectivity index (χ3n) is 3.73. The van der Waals surface area contributed by atoms with E-state index in [1.807, 2.05) is 30.3 Å². The standard InChI is InChI=1S/C16H22N2O2S/c17-15(21)14(11-12-5-2-1-3-6-12)16(19)18-9-8-13-7-4-10-20-13/h1-3,5-6,13-14H,4,7-11H2,(H2,17,21)(H,18,19). The van der Waals surface area contributed by atoms with Crippen LogP contribution in [0.25, 0.3) is 0 Å². The molecule has 4 nitrogen and oxygen atoms in total. The van der Waals surface area contributed by atoms with E-state index < -0.39 is 5.92 Å². The van der Waals surface area contributed by atoms with Crippen molar-refractivity contribution in [2.75, 3.05) is 13.2 Å². The third-order valence-corrected chi connectivity index (χ3v) is 4.02. The van der Waals surface area contributed by atoms with Gasteiger partial charge >= 0.3 is 0 Å². The first kappa shape index (κ1) is 15.9. The van der Waals surface area contributed by atoms with Gasteiger partial charge in [-0.05, 0) is 31.2 Å². The first-order valence-electron chi connectivity index (χ1n) is 7.39. The molecule has 0 spiro atoms. The Kier molecular flexibility index (Phi) is 6.14. The second kappa shape index (κ2) is 8.10. The molecule has 1 saturated heterocycles. The van der Waals surface area contributed by atoms with Crippen molar-refractivity contribution < 1.29 is 9.53 Å². The van der Waals surface area contributed by atoms with E-state index in [2.05, 4.69) is 5.32 Å². The zero-order valence-corrected chi connectivity index (χ0v) is 12.9. The van der Waals surface area contributed by atoms with Gasteiger partial charge in [0.25, 0.3) is 0 Å². The highest BCUT2D eigenvalue weighted by Crippen LogP contribution is 2.15. The van der Waals surface area contributed by atoms with Gasteiger partial charge in [0, 0.05) is 13.2 Å². The molecule has 0 radical (unpaired) electrons. The minimum atomic E-state index is -0.452. The molecule has 3 N–H and O–H groups in total. The Morgan fingerprint density at radius 3 is 2.81 bits per heavy atom. The van der Waals surface area contributed by atoms with Crippen LogP contribution in [0.3, 0.4) is 0 Å². The summed E-state index contributed by atoms with van der Waals surface area (Å²) in [5.74, 6) is -0.545. The third kappa shape index (κ3) is 5.10. The first-order chi connectivity index (χ1) is 10.2. The zero-order chi connectivity index (χ0) is 15.1. The smallest absolute Gasteiger partial charge is 0.230 e. The fraction of sp³-hybridized carbons (Fsp3) is 0.500. The molecule has 0 saturated carbocycles. The SMILES string of the molecule is NC(=S)C(Cc1ccccc1)C(=O)NCCC1CCCO1. The molecule has 0 aliphatic carbocycles. The Balaban J connectivity index is 1.82. The molecular weight excluding hydrogens is 284 g/mol. The van der Waals surface area contributed by atoms with E-state index in [-0.39, 0.29) is 17.0 Å². The second-order valence-corrected chi connectivity index (χ2v) is 5.83. The summed E-state index contributed by atoms with van der Waals surface area (Å²) in [6, 6.07) is 9.79. The quantitative estimate of drug-likeness (QED) is 0.754. The van der Waals surface area contributed by atoms with Crippen molar-refractivity contribution in [3.05, 3.63) is 35.9 Å². The van der Waals surface area contributed by atoms with E-state index >= 15 is 0 Å². The number of carbonyl (C=O) groups excluding carboxylic acids is 1. The van der Waals surface area contributed by atoms with Gasteiger partial charge in [0.2, 0.25) is 5.91 Å². The average Bonchev–Trinajstić information content (AvgIpc) is 2.98. The first-order valence-corrected chi connectivity index (χ1v) is 7.80. The number of hydrogen-bond acceptors (Lipinski definition) is 3. The lowest BCUT2D eigenvalue weighted by atomic mass is 9.98. The van der Waals surface area contributed by atoms with Gasteiger partial charge in [-0.25, -0.2) is 0 Å². The zero-order valence-electron chi connectivity index (χ0n) is 12.1. The summed E-state index contributed by atoms with van der Waals surface area (Å²) in [5, 5.41) is 2.92. The highest BCUT2D eigenvalue weighted by molar-refractivity contribution is 7.80. The number of amides is 1. The van der Waals surface area contributed by atoms with Gasteiger partial charge in [-0.2, -0.15) is 0 Å². The maximum Gasteiger partial charge on any atom is 0.230 e. The molecule has 2 atom stereocenters. The van der Waals surface area contributed by atoms with Crippen LogP contribution in [0, 0.1) is 5.92 Å². The Morgan fingerprint density at radius 1 is 1.43 bits per heavy atom. The highest BCUT2D eigenvalue weighted by atomic mass is 32.1. The number of ether oxygens (including phenoxy) is 1. The van der Waals surface area contributed by atoms with E-state index in [1.54, 1.807) is 0 Å². The fourth-order valence-electron chi connectivity index (χ4n) is 2.52. The summed E-state index contributed by atoms with van der Waals surface area (Å²) in [7, 11) is 0. The highest BCUT2D eigenvalue weighted by Gasteiger charge is 2.22. The number of carbonyl (C=O) groups is 1. The van der Waals surface area contributed by atoms with Crippen molar-refractivity contribution in [3.63, 3.8) is 0 Å². The van der Waals surface area contributed by atoms with E-state index in [0.29, 0.717) is 13.0 Å². The fourth-order valence-corrected chi connectivity index (χ4v) is 2.71. The van der Waals surface area contributed by atoms with Crippen molar-refractivity contribution in [1.82, 2.24) is 5.32 Å². The average molecular weight is 306 g/mol. The van der Waals surface area contributed by atoms with E-state index in [4.69, 9.17) is 22.7 Å². The molecule has 1 fully saturated rings. The summed E-state index contributed by atoms with van der Waals surface area (Å²) in [5.41, 5.74) is 6.79. The Bertz CT molecular complexity index is 472. The lowest BCUT2D eigenvalue weighted by Gasteiger charge is -2.16. The van der Waals surface area contributed by atoms with Crippen LogP contribution in [-0.2, 0) is 16.0 Å². The molecule has 5 heteroatoms. The van der Waals surface area contributed by atoms with Crippen LogP contribution in [-0.4, -0.2) is 30.2 Å². The molecule has 1 aliphatic heterocycles. The maximum atomic E-state index is 12.2. The van der Waals surface area contributed by atoms with Crippen molar-refractivity contribution in [3.8, 4) is 0 Å². The minimum Gasteiger partial charge on any atom is -0.393 e. The van der Waals surface area contributed by atoms with Crippen LogP contribution in [0.15, 0.2) is 30.3 Å². The van der Waals surface area contributed by atoms with Crippen molar-refractivity contribution in [1.29, 1.82) is 0 Å². The Hall–Kier alpha value is -1.46. The molecule has 0 aromatic heterocycles. The number of nitrogens with one attached hydrogen (secondary N) is 1. The number of nitrogens with two attached hydrogens (primary N) is 1. The predicted molar refractivity (Wildman–Crippen MR) is 87.0 cm³/mol. The van der Waals surface area contributed by atoms with E-state index in [0.717, 1.165) is 31.4 Å². The van der Waals surface area contributed by atoms with Gasteiger partial charge < -0.3 is 15.8 Å². The van der Waals surface area contributed by atoms with E-state index in [9.17, 15) is 4.79 Å². The Morgan fingerprint density at radius 2 is 2.19 bits per heavy atom. The normalized spacial score (nSPS) is 19.1. The predicted octanol–water partition coefficient (Wildman–Crippen LogP) is 1.82. The molecular formula is C16H22N2O2S. The molecule has 1 heterocycles. The van der Waals surface area contributed by atoms with Crippen LogP contribution in [0.2, 0.25) is 0 Å². The van der Waals surface area contributed by atoms with Gasteiger partial charge in [-0.15, -0.1) is 0 Å². The summed E-state index contributed by atoms with van der Waals surface area (Å²) in [4.78, 5) is 12.5. The van der Waals surface area contributed by atoms with Crippen LogP contribution in [0.5, 0.6) is 0 Å². The molecule has 1 aromatic carbocycles. The Labute approximate surface area is 131 Å². The molecule has 114 valence electrons. The molecule has 21 heavy (non-hydrogen) atoms. The summed E-state index contributed by atoms with van der Waals surface area (Å²) in [6.07, 6.45) is 3.87. The number of thiocarbonyl (C=S) groups is 1. The molecule has 0 bridgehead atoms. The number of benzene rings is 1. The van der Waals surface area contributed by atoms with Gasteiger partial charge in [0.05, 0.1) is 17.0 Å². The summed E-state index contributed by atoms with van der Waals surface area (Å²) < 4.78 is 5.54. The largest absolute Gasteiger partial charge is 0.393 e. The van der Waals surface area contributed by atoms with Gasteiger partial charge in [0.1, 0.15) is 0 Å². The minimum absolute atomic E-state index is 0.0932. The van der Waals surface area contributed by atoms with Gasteiger partial charge in [-0.1, -0.05) is 42.5 Å². The lowest BCUT2D eigenvalue weighted by Crippen LogP contribution is -2.40. The molecule has 1 aliphatic rings. The van der Waals surface area contributed by atoms with Gasteiger partial charge in [0.15, 0.2) is 0 Å². The van der Waals surface area contributed by atoms with E-state index in [1.165, 1.54) is 0 Å². The summed E-state index contributed by atoms with van der Waals surface area (Å²) >= 11 is 5.04. The number of hydrogen-bond donors (Lipinski definition) is 2. The molecule has 2 rings (SSSR count). The van der Waals surface area contributed by atoms with Crippen molar-refractivity contribution >= 4 is 23.1 Å². The maximum absolute atomic E-state index is 12.2. The molecule has 1 amide bonds. The van der Waals surface area contributed by atoms with Crippen LogP contribution in [0.4, 0.5) is 0 Å². The lowest BCUT2D eigenvalue weighted by molar-refractivity contribution is -0.123. The van der Waals surface area contributed by atoms with Crippen molar-refractivity contribution in [2.45, 2.75) is 31.8 Å². The monoisotopic (exact) mass is 306 g/mol. The topological polar surface area (TPSA) is 64.4 Å². The van der Waals surface area contributed by atoms with Crippen LogP contribution in [0.1, 0.15) is 24.8 Å². The summed E-state index contributed by atoms with van der Waals surface area (Å²) in [6.45, 7) is 1.44. The van der Waals surface area contributed by atoms with Crippen LogP contribution < -0.4 is 11.1 Å². The molecule has 2 unspecified atom stereocenters. The number of rotatable bonds is 7.